The maximum Gasteiger partial charge on any atom is 0.236 e. The van der Waals surface area contributed by atoms with Gasteiger partial charge in [-0.1, -0.05) is 6.07 Å². The molecule has 1 aliphatic rings. The molecule has 0 fully saturated rings. The van der Waals surface area contributed by atoms with Crippen molar-refractivity contribution in [3.05, 3.63) is 23.8 Å². The third-order valence-electron chi connectivity index (χ3n) is 3.29. The van der Waals surface area contributed by atoms with Crippen LogP contribution in [-0.2, 0) is 11.2 Å². The van der Waals surface area contributed by atoms with E-state index < -0.39 is 6.04 Å². The quantitative estimate of drug-likeness (QED) is 0.791. The van der Waals surface area contributed by atoms with Crippen LogP contribution in [0.15, 0.2) is 18.2 Å². The number of carbonyl (C=O) groups is 1. The molecule has 0 unspecified atom stereocenters. The van der Waals surface area contributed by atoms with E-state index in [1.165, 1.54) is 0 Å². The van der Waals surface area contributed by atoms with Crippen molar-refractivity contribution in [2.75, 3.05) is 31.8 Å². The molecule has 0 aromatic heterocycles. The fraction of sp³-hybridized carbons (Fsp3) is 0.533. The fourth-order valence-corrected chi connectivity index (χ4v) is 2.57. The van der Waals surface area contributed by atoms with E-state index in [-0.39, 0.29) is 5.91 Å². The number of fused-ring (bicyclic) bond motifs is 1. The topological polar surface area (TPSA) is 73.6 Å². The lowest BCUT2D eigenvalue weighted by atomic mass is 10.1. The summed E-state index contributed by atoms with van der Waals surface area (Å²) < 4.78 is 11.0. The van der Waals surface area contributed by atoms with Gasteiger partial charge in [0, 0.05) is 6.54 Å². The van der Waals surface area contributed by atoms with E-state index >= 15 is 0 Å². The van der Waals surface area contributed by atoms with Gasteiger partial charge >= 0.3 is 0 Å². The van der Waals surface area contributed by atoms with Crippen molar-refractivity contribution in [2.45, 2.75) is 18.9 Å². The van der Waals surface area contributed by atoms with E-state index in [4.69, 9.17) is 15.2 Å². The Morgan fingerprint density at radius 3 is 2.90 bits per heavy atom. The van der Waals surface area contributed by atoms with Crippen molar-refractivity contribution in [1.29, 1.82) is 0 Å². The molecule has 0 saturated carbocycles. The summed E-state index contributed by atoms with van der Waals surface area (Å²) >= 11 is 1.70. The number of hydrogen-bond acceptors (Lipinski definition) is 5. The van der Waals surface area contributed by atoms with Crippen LogP contribution < -0.4 is 20.5 Å². The number of nitrogens with one attached hydrogen (secondary N) is 1. The van der Waals surface area contributed by atoms with Crippen LogP contribution in [0.25, 0.3) is 0 Å². The summed E-state index contributed by atoms with van der Waals surface area (Å²) in [6.07, 6.45) is 3.46. The lowest BCUT2D eigenvalue weighted by molar-refractivity contribution is -0.122. The Balaban J connectivity index is 1.77. The average Bonchev–Trinajstić information content (AvgIpc) is 2.52. The first-order valence-electron chi connectivity index (χ1n) is 7.11. The minimum atomic E-state index is -0.419. The molecule has 1 atom stereocenters. The molecule has 1 aromatic rings. The summed E-state index contributed by atoms with van der Waals surface area (Å²) in [6.45, 7) is 1.75. The summed E-state index contributed by atoms with van der Waals surface area (Å²) in [5.74, 6) is 2.38. The van der Waals surface area contributed by atoms with Crippen LogP contribution in [0.4, 0.5) is 0 Å². The van der Waals surface area contributed by atoms with Gasteiger partial charge in [-0.25, -0.2) is 0 Å². The van der Waals surface area contributed by atoms with Crippen molar-refractivity contribution in [3.63, 3.8) is 0 Å². The molecule has 116 valence electrons. The number of ether oxygens (including phenoxy) is 2. The second-order valence-electron chi connectivity index (χ2n) is 4.91. The van der Waals surface area contributed by atoms with Crippen molar-refractivity contribution in [3.8, 4) is 11.5 Å². The van der Waals surface area contributed by atoms with Gasteiger partial charge in [0.15, 0.2) is 11.5 Å². The number of carbonyl (C=O) groups excluding carboxylic acids is 1. The highest BCUT2D eigenvalue weighted by Gasteiger charge is 2.13. The molecular weight excluding hydrogens is 288 g/mol. The van der Waals surface area contributed by atoms with Crippen LogP contribution in [0.2, 0.25) is 0 Å². The standard InChI is InChI=1S/C15H22N2O3S/c1-21-9-5-12(16)15(18)17-6-4-11-2-3-13-14(10-11)20-8-7-19-13/h2-3,10,12H,4-9,16H2,1H3,(H,17,18)/t12-/m1/s1. The maximum atomic E-state index is 11.8. The molecule has 0 spiro atoms. The highest BCUT2D eigenvalue weighted by atomic mass is 32.2. The highest BCUT2D eigenvalue weighted by Crippen LogP contribution is 2.30. The number of thioether (sulfide) groups is 1. The van der Waals surface area contributed by atoms with Crippen LogP contribution in [0.3, 0.4) is 0 Å². The molecular formula is C15H22N2O3S. The number of hydrogen-bond donors (Lipinski definition) is 2. The normalized spacial score (nSPS) is 14.6. The molecule has 1 amide bonds. The zero-order chi connectivity index (χ0) is 15.1. The van der Waals surface area contributed by atoms with Crippen LogP contribution in [0.1, 0.15) is 12.0 Å². The van der Waals surface area contributed by atoms with Crippen LogP contribution >= 0.6 is 11.8 Å². The number of rotatable bonds is 7. The predicted octanol–water partition coefficient (Wildman–Crippen LogP) is 1.20. The largest absolute Gasteiger partial charge is 0.486 e. The molecule has 1 aromatic carbocycles. The van der Waals surface area contributed by atoms with Gasteiger partial charge in [0.05, 0.1) is 6.04 Å². The molecule has 0 bridgehead atoms. The Labute approximate surface area is 129 Å². The molecule has 1 aliphatic heterocycles. The summed E-state index contributed by atoms with van der Waals surface area (Å²) in [5.41, 5.74) is 6.92. The van der Waals surface area contributed by atoms with Crippen molar-refractivity contribution in [2.24, 2.45) is 5.73 Å². The Hall–Kier alpha value is -1.40. The first kappa shape index (κ1) is 16.0. The zero-order valence-electron chi connectivity index (χ0n) is 12.3. The van der Waals surface area contributed by atoms with Gasteiger partial charge in [-0.3, -0.25) is 4.79 Å². The van der Waals surface area contributed by atoms with E-state index in [2.05, 4.69) is 5.32 Å². The molecule has 3 N–H and O–H groups in total. The van der Waals surface area contributed by atoms with Crippen LogP contribution in [0.5, 0.6) is 11.5 Å². The van der Waals surface area contributed by atoms with Crippen molar-refractivity contribution in [1.82, 2.24) is 5.32 Å². The Morgan fingerprint density at radius 1 is 1.38 bits per heavy atom. The van der Waals surface area contributed by atoms with Gasteiger partial charge in [0.1, 0.15) is 13.2 Å². The monoisotopic (exact) mass is 310 g/mol. The second-order valence-corrected chi connectivity index (χ2v) is 5.89. The summed E-state index contributed by atoms with van der Waals surface area (Å²) in [6, 6.07) is 5.45. The number of amides is 1. The minimum absolute atomic E-state index is 0.0819. The van der Waals surface area contributed by atoms with Gasteiger partial charge in [-0.2, -0.15) is 11.8 Å². The van der Waals surface area contributed by atoms with E-state index in [9.17, 15) is 4.79 Å². The van der Waals surface area contributed by atoms with Crippen molar-refractivity contribution < 1.29 is 14.3 Å². The number of nitrogens with two attached hydrogens (primary N) is 1. The summed E-state index contributed by atoms with van der Waals surface area (Å²) in [4.78, 5) is 11.8. The van der Waals surface area contributed by atoms with Gasteiger partial charge in [-0.05, 0) is 42.5 Å². The SMILES string of the molecule is CSCC[C@@H](N)C(=O)NCCc1ccc2c(c1)OCCO2. The maximum absolute atomic E-state index is 11.8. The van der Waals surface area contributed by atoms with Gasteiger partial charge in [-0.15, -0.1) is 0 Å². The first-order valence-corrected chi connectivity index (χ1v) is 8.51. The Kier molecular flexibility index (Phi) is 6.20. The third kappa shape index (κ3) is 4.82. The number of benzene rings is 1. The second kappa shape index (κ2) is 8.14. The molecule has 5 nitrogen and oxygen atoms in total. The third-order valence-corrected chi connectivity index (χ3v) is 3.93. The first-order chi connectivity index (χ1) is 10.2. The van der Waals surface area contributed by atoms with Gasteiger partial charge < -0.3 is 20.5 Å². The summed E-state index contributed by atoms with van der Waals surface area (Å²) in [5, 5.41) is 2.87. The van der Waals surface area contributed by atoms with Crippen LogP contribution in [0, 0.1) is 0 Å². The average molecular weight is 310 g/mol. The molecule has 1 heterocycles. The molecule has 21 heavy (non-hydrogen) atoms. The molecule has 6 heteroatoms. The lowest BCUT2D eigenvalue weighted by Crippen LogP contribution is -2.41. The van der Waals surface area contributed by atoms with E-state index in [0.29, 0.717) is 26.2 Å². The van der Waals surface area contributed by atoms with E-state index in [0.717, 1.165) is 29.2 Å². The van der Waals surface area contributed by atoms with Crippen molar-refractivity contribution >= 4 is 17.7 Å². The van der Waals surface area contributed by atoms with E-state index in [1.807, 2.05) is 24.5 Å². The molecule has 0 aliphatic carbocycles. The molecule has 0 radical (unpaired) electrons. The predicted molar refractivity (Wildman–Crippen MR) is 85.1 cm³/mol. The van der Waals surface area contributed by atoms with Crippen LogP contribution in [-0.4, -0.2) is 43.7 Å². The minimum Gasteiger partial charge on any atom is -0.486 e. The highest BCUT2D eigenvalue weighted by molar-refractivity contribution is 7.98. The fourth-order valence-electron chi connectivity index (χ4n) is 2.08. The zero-order valence-corrected chi connectivity index (χ0v) is 13.1. The Morgan fingerprint density at radius 2 is 2.14 bits per heavy atom. The van der Waals surface area contributed by atoms with Gasteiger partial charge in [0.2, 0.25) is 5.91 Å². The van der Waals surface area contributed by atoms with Gasteiger partial charge in [0.25, 0.3) is 0 Å². The van der Waals surface area contributed by atoms with E-state index in [1.54, 1.807) is 11.8 Å². The Bertz CT molecular complexity index is 482. The lowest BCUT2D eigenvalue weighted by Gasteiger charge is -2.19. The molecule has 2 rings (SSSR count). The smallest absolute Gasteiger partial charge is 0.236 e. The summed E-state index contributed by atoms with van der Waals surface area (Å²) in [7, 11) is 0. The molecule has 0 saturated heterocycles.